The summed E-state index contributed by atoms with van der Waals surface area (Å²) in [6.45, 7) is 0.575. The zero-order chi connectivity index (χ0) is 19.4. The van der Waals surface area contributed by atoms with Crippen LogP contribution in [-0.2, 0) is 27.5 Å². The summed E-state index contributed by atoms with van der Waals surface area (Å²) < 4.78 is 6.34. The van der Waals surface area contributed by atoms with Crippen molar-refractivity contribution in [3.63, 3.8) is 0 Å². The lowest BCUT2D eigenvalue weighted by molar-refractivity contribution is -0.148. The molecule has 1 aromatic rings. The minimum absolute atomic E-state index is 0.247. The van der Waals surface area contributed by atoms with Crippen LogP contribution in [0.4, 0.5) is 0 Å². The van der Waals surface area contributed by atoms with Crippen LogP contribution in [0.1, 0.15) is 12.6 Å². The molecule has 144 valence electrons. The molecule has 5 atom stereocenters. The first-order valence-electron chi connectivity index (χ1n) is 7.66. The van der Waals surface area contributed by atoms with Gasteiger partial charge in [0, 0.05) is 6.92 Å². The predicted molar refractivity (Wildman–Crippen MR) is 82.2 cm³/mol. The van der Waals surface area contributed by atoms with E-state index >= 15 is 0 Å². The van der Waals surface area contributed by atoms with Crippen molar-refractivity contribution >= 4 is 11.9 Å². The maximum atomic E-state index is 11.3. The molecule has 0 spiro atoms. The first-order valence-corrected chi connectivity index (χ1v) is 7.66. The van der Waals surface area contributed by atoms with Gasteiger partial charge in [0.15, 0.2) is 6.10 Å². The van der Waals surface area contributed by atoms with E-state index in [1.54, 1.807) is 0 Å². The second-order valence-electron chi connectivity index (χ2n) is 5.78. The van der Waals surface area contributed by atoms with E-state index in [0.717, 1.165) is 6.08 Å². The van der Waals surface area contributed by atoms with Crippen LogP contribution in [0.25, 0.3) is 0 Å². The van der Waals surface area contributed by atoms with E-state index in [4.69, 9.17) is 14.9 Å². The van der Waals surface area contributed by atoms with Crippen molar-refractivity contribution in [2.45, 2.75) is 50.5 Å². The summed E-state index contributed by atoms with van der Waals surface area (Å²) >= 11 is 0. The molecule has 0 bridgehead atoms. The molecule has 1 aliphatic heterocycles. The topological polar surface area (TPSA) is 187 Å². The van der Waals surface area contributed by atoms with Crippen molar-refractivity contribution in [1.29, 1.82) is 0 Å². The van der Waals surface area contributed by atoms with Gasteiger partial charge in [-0.05, 0) is 6.08 Å². The van der Waals surface area contributed by atoms with E-state index in [1.165, 1.54) is 17.8 Å². The zero-order valence-corrected chi connectivity index (χ0v) is 13.8. The van der Waals surface area contributed by atoms with Crippen LogP contribution in [-0.4, -0.2) is 82.9 Å². The predicted octanol–water partition coefficient (Wildman–Crippen LogP) is -3.27. The van der Waals surface area contributed by atoms with E-state index in [9.17, 15) is 24.9 Å². The SMILES string of the molecule is CC(=O)N[C@@H]1[C@@H](O)C=C(C(=O)O)O[C@H]1C(O)C(O)Cn1cc(CO)nn1. The minimum atomic E-state index is -1.67. The average Bonchev–Trinajstić information content (AvgIpc) is 3.02. The van der Waals surface area contributed by atoms with E-state index in [1.807, 2.05) is 0 Å². The van der Waals surface area contributed by atoms with Gasteiger partial charge in [-0.3, -0.25) is 4.79 Å². The number of hydrogen-bond donors (Lipinski definition) is 6. The smallest absolute Gasteiger partial charge is 0.370 e. The number of aliphatic hydroxyl groups excluding tert-OH is 4. The second-order valence-corrected chi connectivity index (χ2v) is 5.78. The summed E-state index contributed by atoms with van der Waals surface area (Å²) in [5.74, 6) is -2.63. The number of carbonyl (C=O) groups is 2. The Morgan fingerprint density at radius 3 is 2.65 bits per heavy atom. The van der Waals surface area contributed by atoms with Crippen molar-refractivity contribution in [3.8, 4) is 0 Å². The highest BCUT2D eigenvalue weighted by Gasteiger charge is 2.43. The Morgan fingerprint density at radius 2 is 2.12 bits per heavy atom. The highest BCUT2D eigenvalue weighted by atomic mass is 16.5. The van der Waals surface area contributed by atoms with Crippen molar-refractivity contribution < 1.29 is 39.9 Å². The fourth-order valence-electron chi connectivity index (χ4n) is 2.54. The molecule has 2 heterocycles. The lowest BCUT2D eigenvalue weighted by Crippen LogP contribution is -2.59. The summed E-state index contributed by atoms with van der Waals surface area (Å²) in [5, 5.41) is 58.3. The molecule has 1 aromatic heterocycles. The van der Waals surface area contributed by atoms with Crippen LogP contribution in [0.3, 0.4) is 0 Å². The summed E-state index contributed by atoms with van der Waals surface area (Å²) in [7, 11) is 0. The van der Waals surface area contributed by atoms with Crippen molar-refractivity contribution in [2.24, 2.45) is 0 Å². The number of aliphatic hydroxyl groups is 4. The molecule has 1 amide bonds. The summed E-state index contributed by atoms with van der Waals surface area (Å²) in [6.07, 6.45) is -3.81. The number of rotatable bonds is 7. The lowest BCUT2D eigenvalue weighted by atomic mass is 9.93. The van der Waals surface area contributed by atoms with E-state index in [-0.39, 0.29) is 18.8 Å². The molecule has 0 saturated carbocycles. The highest BCUT2D eigenvalue weighted by molar-refractivity contribution is 5.84. The van der Waals surface area contributed by atoms with Gasteiger partial charge in [0.1, 0.15) is 24.0 Å². The van der Waals surface area contributed by atoms with E-state index in [2.05, 4.69) is 15.6 Å². The number of carboxylic acids is 1. The molecule has 0 radical (unpaired) electrons. The Bertz CT molecular complexity index is 690. The van der Waals surface area contributed by atoms with Crippen molar-refractivity contribution in [3.05, 3.63) is 23.7 Å². The Hall–Kier alpha value is -2.54. The zero-order valence-electron chi connectivity index (χ0n) is 13.8. The number of nitrogens with one attached hydrogen (secondary N) is 1. The minimum Gasteiger partial charge on any atom is -0.478 e. The Labute approximate surface area is 147 Å². The molecular weight excluding hydrogens is 352 g/mol. The second kappa shape index (κ2) is 8.23. The molecule has 2 unspecified atom stereocenters. The van der Waals surface area contributed by atoms with Gasteiger partial charge in [-0.2, -0.15) is 0 Å². The average molecular weight is 372 g/mol. The third-order valence-electron chi connectivity index (χ3n) is 3.74. The summed E-state index contributed by atoms with van der Waals surface area (Å²) in [4.78, 5) is 22.4. The largest absolute Gasteiger partial charge is 0.478 e. The van der Waals surface area contributed by atoms with Gasteiger partial charge >= 0.3 is 5.97 Å². The molecule has 1 aliphatic rings. The molecule has 12 nitrogen and oxygen atoms in total. The van der Waals surface area contributed by atoms with Crippen LogP contribution in [0.2, 0.25) is 0 Å². The number of hydrogen-bond acceptors (Lipinski definition) is 9. The van der Waals surface area contributed by atoms with E-state index < -0.39 is 48.1 Å². The van der Waals surface area contributed by atoms with Crippen LogP contribution in [0, 0.1) is 0 Å². The van der Waals surface area contributed by atoms with Gasteiger partial charge in [0.2, 0.25) is 11.7 Å². The van der Waals surface area contributed by atoms with Crippen LogP contribution < -0.4 is 5.32 Å². The first kappa shape index (κ1) is 19.8. The number of aromatic nitrogens is 3. The van der Waals surface area contributed by atoms with Gasteiger partial charge in [0.25, 0.3) is 0 Å². The molecule has 26 heavy (non-hydrogen) atoms. The highest BCUT2D eigenvalue weighted by Crippen LogP contribution is 2.23. The number of carboxylic acid groups (broad SMARTS) is 1. The lowest BCUT2D eigenvalue weighted by Gasteiger charge is -2.38. The third-order valence-corrected chi connectivity index (χ3v) is 3.74. The Kier molecular flexibility index (Phi) is 6.26. The molecular formula is C14H20N4O8. The quantitative estimate of drug-likeness (QED) is 0.283. The first-order chi connectivity index (χ1) is 12.2. The number of aliphatic carboxylic acids is 1. The Balaban J connectivity index is 2.18. The number of amides is 1. The van der Waals surface area contributed by atoms with Gasteiger partial charge in [-0.1, -0.05) is 5.21 Å². The standard InChI is InChI=1S/C14H20N4O8/c1-6(20)15-11-8(21)2-10(14(24)25)26-13(11)12(23)9(22)4-18-3-7(5-19)16-17-18/h2-3,8-9,11-13,19,21-23H,4-5H2,1H3,(H,15,20)(H,24,25)/t8-,9?,11+,12?,13+/m0/s1. The van der Waals surface area contributed by atoms with Crippen LogP contribution >= 0.6 is 0 Å². The summed E-state index contributed by atoms with van der Waals surface area (Å²) in [6, 6.07) is -1.18. The Morgan fingerprint density at radius 1 is 1.42 bits per heavy atom. The number of carbonyl (C=O) groups excluding carboxylic acids is 1. The van der Waals surface area contributed by atoms with Crippen LogP contribution in [0.5, 0.6) is 0 Å². The van der Waals surface area contributed by atoms with Gasteiger partial charge < -0.3 is 35.6 Å². The molecule has 6 N–H and O–H groups in total. The molecule has 2 rings (SSSR count). The number of ether oxygens (including phenoxy) is 1. The van der Waals surface area contributed by atoms with Crippen molar-refractivity contribution in [1.82, 2.24) is 20.3 Å². The molecule has 0 saturated heterocycles. The maximum absolute atomic E-state index is 11.3. The molecule has 0 aliphatic carbocycles. The molecule has 0 fully saturated rings. The molecule has 12 heteroatoms. The van der Waals surface area contributed by atoms with Crippen LogP contribution in [0.15, 0.2) is 18.0 Å². The summed E-state index contributed by atoms with van der Waals surface area (Å²) in [5.41, 5.74) is 0.253. The third kappa shape index (κ3) is 4.54. The van der Waals surface area contributed by atoms with Gasteiger partial charge in [-0.15, -0.1) is 5.10 Å². The van der Waals surface area contributed by atoms with Crippen molar-refractivity contribution in [2.75, 3.05) is 0 Å². The normalized spacial score (nSPS) is 25.0. The van der Waals surface area contributed by atoms with E-state index in [0.29, 0.717) is 0 Å². The number of nitrogens with zero attached hydrogens (tertiary/aromatic N) is 3. The maximum Gasteiger partial charge on any atom is 0.370 e. The van der Waals surface area contributed by atoms with Gasteiger partial charge in [-0.25, -0.2) is 9.48 Å². The molecule has 0 aromatic carbocycles. The monoisotopic (exact) mass is 372 g/mol. The fraction of sp³-hybridized carbons (Fsp3) is 0.571. The fourth-order valence-corrected chi connectivity index (χ4v) is 2.54. The van der Waals surface area contributed by atoms with Gasteiger partial charge in [0.05, 0.1) is 25.4 Å².